The fourth-order valence-corrected chi connectivity index (χ4v) is 4.14. The smallest absolute Gasteiger partial charge is 0.0233 e. The van der Waals surface area contributed by atoms with E-state index in [-0.39, 0.29) is 0 Å². The van der Waals surface area contributed by atoms with Gasteiger partial charge in [0.15, 0.2) is 0 Å². The Labute approximate surface area is 132 Å². The molecule has 0 amide bonds. The van der Waals surface area contributed by atoms with Gasteiger partial charge in [0.2, 0.25) is 0 Å². The molecule has 0 aromatic carbocycles. The summed E-state index contributed by atoms with van der Waals surface area (Å²) in [6, 6.07) is 0. The molecule has 0 aliphatic heterocycles. The van der Waals surface area contributed by atoms with E-state index in [0.717, 1.165) is 23.7 Å². The second kappa shape index (κ2) is 9.28. The summed E-state index contributed by atoms with van der Waals surface area (Å²) in [5.41, 5.74) is 0. The quantitative estimate of drug-likeness (QED) is 0.477. The highest BCUT2D eigenvalue weighted by atomic mass is 14.2. The third kappa shape index (κ3) is 5.85. The lowest BCUT2D eigenvalue weighted by Crippen LogP contribution is -2.13. The molecule has 0 heterocycles. The van der Waals surface area contributed by atoms with Crippen molar-refractivity contribution in [1.29, 1.82) is 0 Å². The van der Waals surface area contributed by atoms with Crippen molar-refractivity contribution in [3.05, 3.63) is 37.0 Å². The van der Waals surface area contributed by atoms with Crippen molar-refractivity contribution in [1.82, 2.24) is 0 Å². The Bertz CT molecular complexity index is 333. The number of hydrogen-bond donors (Lipinski definition) is 0. The van der Waals surface area contributed by atoms with Crippen molar-refractivity contribution in [2.75, 3.05) is 0 Å². The van der Waals surface area contributed by atoms with Crippen molar-refractivity contribution in [3.63, 3.8) is 0 Å². The summed E-state index contributed by atoms with van der Waals surface area (Å²) in [6.07, 6.45) is 25.7. The molecule has 0 atom stereocenters. The molecule has 0 nitrogen and oxygen atoms in total. The Morgan fingerprint density at radius 1 is 0.810 bits per heavy atom. The summed E-state index contributed by atoms with van der Waals surface area (Å²) in [5.74, 6) is 3.52. The Kier molecular flexibility index (Phi) is 7.33. The third-order valence-corrected chi connectivity index (χ3v) is 5.66. The van der Waals surface area contributed by atoms with Gasteiger partial charge in [-0.2, -0.15) is 0 Å². The topological polar surface area (TPSA) is 0 Å². The van der Waals surface area contributed by atoms with Gasteiger partial charge in [0.25, 0.3) is 0 Å². The van der Waals surface area contributed by atoms with Gasteiger partial charge in [0.05, 0.1) is 0 Å². The highest BCUT2D eigenvalue weighted by Gasteiger charge is 2.19. The minimum atomic E-state index is 0.794. The summed E-state index contributed by atoms with van der Waals surface area (Å²) < 4.78 is 0. The molecule has 0 radical (unpaired) electrons. The van der Waals surface area contributed by atoms with Crippen LogP contribution in [0.3, 0.4) is 0 Å². The molecule has 2 aliphatic carbocycles. The first kappa shape index (κ1) is 16.6. The maximum Gasteiger partial charge on any atom is -0.0233 e. The SMILES string of the molecule is C=C[C@H]1CC[C@H](/C=C/CC[C@H]2CC[C@H](/C=C/C)CC2)CC1. The van der Waals surface area contributed by atoms with Crippen LogP contribution in [0.1, 0.15) is 71.1 Å². The third-order valence-electron chi connectivity index (χ3n) is 5.66. The van der Waals surface area contributed by atoms with Crippen molar-refractivity contribution in [2.24, 2.45) is 23.7 Å². The molecule has 21 heavy (non-hydrogen) atoms. The predicted octanol–water partition coefficient (Wildman–Crippen LogP) is 6.70. The van der Waals surface area contributed by atoms with Gasteiger partial charge < -0.3 is 0 Å². The Morgan fingerprint density at radius 2 is 1.38 bits per heavy atom. The van der Waals surface area contributed by atoms with Crippen molar-refractivity contribution in [3.8, 4) is 0 Å². The van der Waals surface area contributed by atoms with Gasteiger partial charge in [-0.3, -0.25) is 0 Å². The van der Waals surface area contributed by atoms with Crippen LogP contribution >= 0.6 is 0 Å². The van der Waals surface area contributed by atoms with Crippen LogP contribution in [0.15, 0.2) is 37.0 Å². The largest absolute Gasteiger partial charge is 0.103 e. The summed E-state index contributed by atoms with van der Waals surface area (Å²) >= 11 is 0. The first-order chi connectivity index (χ1) is 10.3. The lowest BCUT2D eigenvalue weighted by molar-refractivity contribution is 0.297. The van der Waals surface area contributed by atoms with E-state index in [0.29, 0.717) is 0 Å². The van der Waals surface area contributed by atoms with Gasteiger partial charge in [0.1, 0.15) is 0 Å². The number of allylic oxidation sites excluding steroid dienone is 5. The van der Waals surface area contributed by atoms with Crippen LogP contribution in [0, 0.1) is 23.7 Å². The van der Waals surface area contributed by atoms with Crippen LogP contribution in [0.5, 0.6) is 0 Å². The molecule has 0 unspecified atom stereocenters. The van der Waals surface area contributed by atoms with E-state index in [4.69, 9.17) is 0 Å². The first-order valence-corrected chi connectivity index (χ1v) is 9.23. The monoisotopic (exact) mass is 286 g/mol. The van der Waals surface area contributed by atoms with Crippen molar-refractivity contribution in [2.45, 2.75) is 71.1 Å². The van der Waals surface area contributed by atoms with Gasteiger partial charge in [-0.05, 0) is 94.8 Å². The van der Waals surface area contributed by atoms with E-state index in [9.17, 15) is 0 Å². The molecule has 0 spiro atoms. The van der Waals surface area contributed by atoms with Crippen LogP contribution in [0.25, 0.3) is 0 Å². The first-order valence-electron chi connectivity index (χ1n) is 9.23. The van der Waals surface area contributed by atoms with Crippen LogP contribution in [-0.2, 0) is 0 Å². The molecule has 118 valence electrons. The lowest BCUT2D eigenvalue weighted by atomic mass is 9.79. The normalized spacial score (nSPS) is 34.5. The number of hydrogen-bond acceptors (Lipinski definition) is 0. The van der Waals surface area contributed by atoms with Gasteiger partial charge in [-0.15, -0.1) is 6.58 Å². The van der Waals surface area contributed by atoms with E-state index in [1.165, 1.54) is 64.2 Å². The molecule has 2 aliphatic rings. The van der Waals surface area contributed by atoms with Crippen LogP contribution in [-0.4, -0.2) is 0 Å². The highest BCUT2D eigenvalue weighted by molar-refractivity contribution is 4.94. The maximum absolute atomic E-state index is 3.93. The molecule has 0 bridgehead atoms. The molecule has 2 saturated carbocycles. The zero-order valence-electron chi connectivity index (χ0n) is 14.0. The highest BCUT2D eigenvalue weighted by Crippen LogP contribution is 2.33. The summed E-state index contributed by atoms with van der Waals surface area (Å²) in [6.45, 7) is 6.08. The molecular weight excluding hydrogens is 252 g/mol. The minimum Gasteiger partial charge on any atom is -0.103 e. The van der Waals surface area contributed by atoms with Crippen LogP contribution in [0.2, 0.25) is 0 Å². The second-order valence-electron chi connectivity index (χ2n) is 7.22. The molecule has 0 aromatic rings. The van der Waals surface area contributed by atoms with Gasteiger partial charge >= 0.3 is 0 Å². The molecule has 0 saturated heterocycles. The molecule has 2 fully saturated rings. The van der Waals surface area contributed by atoms with Crippen molar-refractivity contribution < 1.29 is 0 Å². The molecule has 0 aromatic heterocycles. The molecule has 0 heteroatoms. The van der Waals surface area contributed by atoms with E-state index in [1.54, 1.807) is 0 Å². The van der Waals surface area contributed by atoms with E-state index < -0.39 is 0 Å². The zero-order valence-corrected chi connectivity index (χ0v) is 14.0. The average Bonchev–Trinajstić information content (AvgIpc) is 2.54. The van der Waals surface area contributed by atoms with Crippen molar-refractivity contribution >= 4 is 0 Å². The molecule has 0 N–H and O–H groups in total. The molecular formula is C21H34. The number of rotatable bonds is 6. The Balaban J connectivity index is 1.57. The van der Waals surface area contributed by atoms with E-state index in [1.807, 2.05) is 0 Å². The maximum atomic E-state index is 3.93. The Morgan fingerprint density at radius 3 is 2.00 bits per heavy atom. The average molecular weight is 287 g/mol. The summed E-state index contributed by atoms with van der Waals surface area (Å²) in [5, 5.41) is 0. The predicted molar refractivity (Wildman–Crippen MR) is 94.3 cm³/mol. The van der Waals surface area contributed by atoms with Crippen LogP contribution < -0.4 is 0 Å². The standard InChI is InChI=1S/C21H34/c1-3-7-19-14-16-21(17-15-19)9-6-5-8-20-12-10-18(4-2)11-13-20/h3-5,7-8,18-21H,2,6,9-17H2,1H3/b7-3+,8-5+/t18-,19-,20-,21-. The van der Waals surface area contributed by atoms with Gasteiger partial charge in [-0.25, -0.2) is 0 Å². The van der Waals surface area contributed by atoms with Gasteiger partial charge in [0, 0.05) is 0 Å². The summed E-state index contributed by atoms with van der Waals surface area (Å²) in [4.78, 5) is 0. The summed E-state index contributed by atoms with van der Waals surface area (Å²) in [7, 11) is 0. The minimum absolute atomic E-state index is 0.794. The Hall–Kier alpha value is -0.780. The molecule has 2 rings (SSSR count). The van der Waals surface area contributed by atoms with Crippen LogP contribution in [0.4, 0.5) is 0 Å². The fourth-order valence-electron chi connectivity index (χ4n) is 4.14. The zero-order chi connectivity index (χ0) is 14.9. The van der Waals surface area contributed by atoms with E-state index in [2.05, 4.69) is 43.9 Å². The second-order valence-corrected chi connectivity index (χ2v) is 7.22. The fraction of sp³-hybridized carbons (Fsp3) is 0.714. The lowest BCUT2D eigenvalue weighted by Gasteiger charge is -2.26. The van der Waals surface area contributed by atoms with Gasteiger partial charge in [-0.1, -0.05) is 30.4 Å². The van der Waals surface area contributed by atoms with E-state index >= 15 is 0 Å².